The topological polar surface area (TPSA) is 40.5 Å². The fourth-order valence-electron chi connectivity index (χ4n) is 0.423. The van der Waals surface area contributed by atoms with Gasteiger partial charge in [0.05, 0.1) is 0 Å². The van der Waals surface area contributed by atoms with Gasteiger partial charge in [0.25, 0.3) is 0 Å². The zero-order valence-corrected chi connectivity index (χ0v) is 5.93. The van der Waals surface area contributed by atoms with Crippen LogP contribution in [0.4, 0.5) is 0 Å². The maximum atomic E-state index is 8.46. The fourth-order valence-corrected chi connectivity index (χ4v) is 0.557. The summed E-state index contributed by atoms with van der Waals surface area (Å²) in [6, 6.07) is 0. The van der Waals surface area contributed by atoms with Crippen molar-refractivity contribution < 1.29 is 10.0 Å². The van der Waals surface area contributed by atoms with E-state index < -0.39 is 7.12 Å². The molecule has 0 rings (SSSR count). The van der Waals surface area contributed by atoms with Crippen LogP contribution in [0.25, 0.3) is 0 Å². The van der Waals surface area contributed by atoms with Crippen LogP contribution in [0.1, 0.15) is 12.8 Å². The Balaban J connectivity index is 3.28. The number of hydrogen-bond acceptors (Lipinski definition) is 2. The average Bonchev–Trinajstić information content (AvgIpc) is 1.82. The molecule has 0 aromatic carbocycles. The third-order valence-corrected chi connectivity index (χ3v) is 1.26. The number of alkyl halides is 1. The van der Waals surface area contributed by atoms with Gasteiger partial charge in [-0.25, -0.2) is 0 Å². The molecule has 4 heteroatoms. The van der Waals surface area contributed by atoms with Crippen LogP contribution in [0.15, 0.2) is 12.1 Å². The van der Waals surface area contributed by atoms with Gasteiger partial charge in [-0.2, -0.15) is 0 Å². The molecule has 0 atom stereocenters. The molecule has 0 heterocycles. The van der Waals surface area contributed by atoms with Gasteiger partial charge >= 0.3 is 7.12 Å². The number of allylic oxidation sites excluding steroid dienone is 1. The summed E-state index contributed by atoms with van der Waals surface area (Å²) in [5.74, 6) is 0.533. The van der Waals surface area contributed by atoms with E-state index in [0.717, 1.165) is 6.42 Å². The molecule has 0 bridgehead atoms. The van der Waals surface area contributed by atoms with Crippen LogP contribution in [-0.4, -0.2) is 23.0 Å². The molecule has 0 fully saturated rings. The van der Waals surface area contributed by atoms with Gasteiger partial charge in [-0.05, 0) is 18.3 Å². The van der Waals surface area contributed by atoms with Crippen LogP contribution in [0, 0.1) is 0 Å². The first-order valence-corrected chi connectivity index (χ1v) is 3.31. The minimum Gasteiger partial charge on any atom is -0.423 e. The summed E-state index contributed by atoms with van der Waals surface area (Å²) in [4.78, 5) is 0. The molecule has 0 saturated heterocycles. The molecule has 0 aromatic heterocycles. The van der Waals surface area contributed by atoms with Crippen molar-refractivity contribution >= 4 is 18.7 Å². The standard InChI is InChI=1S/C5H10BClO2/c1-5(6(8)9)3-2-4-7/h8-9H,1-4H2. The Bertz CT molecular complexity index is 95.0. The van der Waals surface area contributed by atoms with Crippen molar-refractivity contribution in [2.45, 2.75) is 12.8 Å². The summed E-state index contributed by atoms with van der Waals surface area (Å²) in [5.41, 5.74) is 0.427. The van der Waals surface area contributed by atoms with E-state index in [0.29, 0.717) is 17.8 Å². The van der Waals surface area contributed by atoms with Crippen LogP contribution in [0.5, 0.6) is 0 Å². The van der Waals surface area contributed by atoms with Gasteiger partial charge in [0.2, 0.25) is 0 Å². The van der Waals surface area contributed by atoms with E-state index in [1.54, 1.807) is 0 Å². The van der Waals surface area contributed by atoms with Gasteiger partial charge in [0, 0.05) is 5.88 Å². The lowest BCUT2D eigenvalue weighted by Crippen LogP contribution is -2.14. The molecule has 0 aromatic rings. The van der Waals surface area contributed by atoms with E-state index in [2.05, 4.69) is 6.58 Å². The smallest absolute Gasteiger partial charge is 0.423 e. The van der Waals surface area contributed by atoms with Crippen LogP contribution in [0.3, 0.4) is 0 Å². The van der Waals surface area contributed by atoms with E-state index in [4.69, 9.17) is 21.6 Å². The molecule has 0 radical (unpaired) electrons. The van der Waals surface area contributed by atoms with E-state index in [9.17, 15) is 0 Å². The van der Waals surface area contributed by atoms with Crippen LogP contribution >= 0.6 is 11.6 Å². The highest BCUT2D eigenvalue weighted by Crippen LogP contribution is 2.03. The summed E-state index contributed by atoms with van der Waals surface area (Å²) < 4.78 is 0. The van der Waals surface area contributed by atoms with Gasteiger partial charge in [-0.15, -0.1) is 18.2 Å². The number of rotatable bonds is 4. The lowest BCUT2D eigenvalue weighted by atomic mass is 9.78. The second-order valence-corrected chi connectivity index (χ2v) is 2.20. The third kappa shape index (κ3) is 4.51. The SMILES string of the molecule is C=C(CCCCl)B(O)O. The van der Waals surface area contributed by atoms with Crippen molar-refractivity contribution in [2.75, 3.05) is 5.88 Å². The highest BCUT2D eigenvalue weighted by molar-refractivity contribution is 6.50. The molecule has 2 nitrogen and oxygen atoms in total. The molecule has 0 saturated carbocycles. The molecule has 0 aliphatic heterocycles. The molecule has 0 aliphatic rings. The lowest BCUT2D eigenvalue weighted by molar-refractivity contribution is 0.416. The first kappa shape index (κ1) is 9.01. The van der Waals surface area contributed by atoms with E-state index in [1.165, 1.54) is 0 Å². The first-order valence-electron chi connectivity index (χ1n) is 2.78. The van der Waals surface area contributed by atoms with Gasteiger partial charge < -0.3 is 10.0 Å². The van der Waals surface area contributed by atoms with Crippen LogP contribution in [0.2, 0.25) is 0 Å². The molecule has 0 amide bonds. The third-order valence-electron chi connectivity index (χ3n) is 0.997. The maximum Gasteiger partial charge on any atom is 0.483 e. The monoisotopic (exact) mass is 148 g/mol. The van der Waals surface area contributed by atoms with E-state index >= 15 is 0 Å². The molecule has 52 valence electrons. The largest absolute Gasteiger partial charge is 0.483 e. The highest BCUT2D eigenvalue weighted by Gasteiger charge is 2.10. The second kappa shape index (κ2) is 4.85. The Morgan fingerprint density at radius 1 is 1.56 bits per heavy atom. The molecule has 2 N–H and O–H groups in total. The fraction of sp³-hybridized carbons (Fsp3) is 0.600. The normalized spacial score (nSPS) is 9.22. The summed E-state index contributed by atoms with van der Waals surface area (Å²) in [6.45, 7) is 3.43. The Morgan fingerprint density at radius 3 is 2.44 bits per heavy atom. The van der Waals surface area contributed by atoms with Crippen molar-refractivity contribution in [2.24, 2.45) is 0 Å². The minimum atomic E-state index is -1.38. The second-order valence-electron chi connectivity index (χ2n) is 1.82. The maximum absolute atomic E-state index is 8.46. The van der Waals surface area contributed by atoms with Gasteiger partial charge in [0.1, 0.15) is 0 Å². The summed E-state index contributed by atoms with van der Waals surface area (Å²) in [5, 5.41) is 16.9. The predicted molar refractivity (Wildman–Crippen MR) is 39.3 cm³/mol. The summed E-state index contributed by atoms with van der Waals surface area (Å²) in [7, 11) is -1.38. The molecular formula is C5H10BClO2. The molecule has 9 heavy (non-hydrogen) atoms. The summed E-state index contributed by atoms with van der Waals surface area (Å²) in [6.07, 6.45) is 1.33. The molecule has 0 aliphatic carbocycles. The Morgan fingerprint density at radius 2 is 2.11 bits per heavy atom. The van der Waals surface area contributed by atoms with E-state index in [-0.39, 0.29) is 0 Å². The quantitative estimate of drug-likeness (QED) is 0.452. The minimum absolute atomic E-state index is 0.427. The van der Waals surface area contributed by atoms with Gasteiger partial charge in [-0.1, -0.05) is 0 Å². The zero-order chi connectivity index (χ0) is 7.28. The van der Waals surface area contributed by atoms with E-state index in [1.807, 2.05) is 0 Å². The number of hydrogen-bond donors (Lipinski definition) is 2. The Hall–Kier alpha value is 0.0149. The van der Waals surface area contributed by atoms with Crippen LogP contribution < -0.4 is 0 Å². The molecule has 0 spiro atoms. The van der Waals surface area contributed by atoms with Crippen LogP contribution in [-0.2, 0) is 0 Å². The average molecular weight is 148 g/mol. The van der Waals surface area contributed by atoms with Crippen molar-refractivity contribution in [3.05, 3.63) is 12.1 Å². The predicted octanol–water partition coefficient (Wildman–Crippen LogP) is 0.574. The lowest BCUT2D eigenvalue weighted by Gasteiger charge is -1.99. The van der Waals surface area contributed by atoms with Crippen molar-refractivity contribution in [3.63, 3.8) is 0 Å². The Labute approximate surface area is 60.3 Å². The first-order chi connectivity index (χ1) is 4.18. The summed E-state index contributed by atoms with van der Waals surface area (Å²) >= 11 is 5.35. The van der Waals surface area contributed by atoms with Crippen molar-refractivity contribution in [3.8, 4) is 0 Å². The molecular weight excluding hydrogens is 138 g/mol. The highest BCUT2D eigenvalue weighted by atomic mass is 35.5. The van der Waals surface area contributed by atoms with Gasteiger partial charge in [-0.3, -0.25) is 0 Å². The zero-order valence-electron chi connectivity index (χ0n) is 5.18. The van der Waals surface area contributed by atoms with Crippen molar-refractivity contribution in [1.82, 2.24) is 0 Å². The van der Waals surface area contributed by atoms with Gasteiger partial charge in [0.15, 0.2) is 0 Å². The number of halogens is 1. The molecule has 0 unspecified atom stereocenters. The Kier molecular flexibility index (Phi) is 4.86. The van der Waals surface area contributed by atoms with Crippen molar-refractivity contribution in [1.29, 1.82) is 0 Å².